The highest BCUT2D eigenvalue weighted by molar-refractivity contribution is 5.69. The van der Waals surface area contributed by atoms with E-state index in [1.165, 1.54) is 99.3 Å². The van der Waals surface area contributed by atoms with Crippen molar-refractivity contribution in [1.29, 1.82) is 0 Å². The monoisotopic (exact) mass is 534 g/mol. The second kappa shape index (κ2) is 16.6. The van der Waals surface area contributed by atoms with Crippen LogP contribution in [0.5, 0.6) is 0 Å². The van der Waals surface area contributed by atoms with E-state index in [1.807, 2.05) is 12.2 Å². The second-order valence-corrected chi connectivity index (χ2v) is 11.0. The highest BCUT2D eigenvalue weighted by Crippen LogP contribution is 2.25. The molecule has 3 heteroatoms. The van der Waals surface area contributed by atoms with Crippen molar-refractivity contribution in [3.05, 3.63) is 95.4 Å². The summed E-state index contributed by atoms with van der Waals surface area (Å²) in [5, 5.41) is 4.20. The zero-order chi connectivity index (χ0) is 27.8. The Kier molecular flexibility index (Phi) is 12.3. The molecule has 0 bridgehead atoms. The first kappa shape index (κ1) is 29.5. The highest BCUT2D eigenvalue weighted by atomic mass is 16.5. The number of aryl methyl sites for hydroxylation is 2. The molecule has 40 heavy (non-hydrogen) atoms. The Bertz CT molecular complexity index is 1270. The molecule has 210 valence electrons. The van der Waals surface area contributed by atoms with Gasteiger partial charge in [0.2, 0.25) is 5.82 Å². The van der Waals surface area contributed by atoms with Crippen molar-refractivity contribution >= 4 is 12.2 Å². The summed E-state index contributed by atoms with van der Waals surface area (Å²) in [7, 11) is 0. The molecule has 0 unspecified atom stereocenters. The lowest BCUT2D eigenvalue weighted by atomic mass is 10.00. The van der Waals surface area contributed by atoms with E-state index in [0.29, 0.717) is 11.7 Å². The van der Waals surface area contributed by atoms with Crippen LogP contribution in [0, 0.1) is 0 Å². The van der Waals surface area contributed by atoms with Crippen molar-refractivity contribution in [1.82, 2.24) is 10.1 Å². The first-order chi connectivity index (χ1) is 19.7. The smallest absolute Gasteiger partial charge is 0.250 e. The Balaban J connectivity index is 1.26. The quantitative estimate of drug-likeness (QED) is 0.126. The third kappa shape index (κ3) is 9.62. The molecular formula is C37H46N2O. The van der Waals surface area contributed by atoms with Gasteiger partial charge < -0.3 is 4.52 Å². The summed E-state index contributed by atoms with van der Waals surface area (Å²) in [6.07, 6.45) is 20.9. The largest absolute Gasteiger partial charge is 0.334 e. The molecule has 0 N–H and O–H groups in total. The molecule has 0 fully saturated rings. The fourth-order valence-corrected chi connectivity index (χ4v) is 5.10. The van der Waals surface area contributed by atoms with Gasteiger partial charge in [-0.3, -0.25) is 0 Å². The van der Waals surface area contributed by atoms with Crippen molar-refractivity contribution in [2.45, 2.75) is 97.3 Å². The molecule has 4 aromatic rings. The second-order valence-electron chi connectivity index (χ2n) is 11.0. The molecule has 3 aromatic carbocycles. The van der Waals surface area contributed by atoms with Crippen LogP contribution in [0.4, 0.5) is 0 Å². The molecule has 0 saturated carbocycles. The van der Waals surface area contributed by atoms with Crippen LogP contribution in [0.2, 0.25) is 0 Å². The van der Waals surface area contributed by atoms with E-state index in [0.717, 1.165) is 17.5 Å². The maximum atomic E-state index is 5.49. The van der Waals surface area contributed by atoms with Crippen molar-refractivity contribution in [3.63, 3.8) is 0 Å². The van der Waals surface area contributed by atoms with Gasteiger partial charge in [-0.1, -0.05) is 150 Å². The molecule has 0 aliphatic carbocycles. The van der Waals surface area contributed by atoms with E-state index >= 15 is 0 Å². The minimum Gasteiger partial charge on any atom is -0.334 e. The maximum Gasteiger partial charge on any atom is 0.250 e. The zero-order valence-electron chi connectivity index (χ0n) is 24.6. The van der Waals surface area contributed by atoms with Gasteiger partial charge in [0, 0.05) is 11.6 Å². The Morgan fingerprint density at radius 1 is 0.525 bits per heavy atom. The Morgan fingerprint density at radius 2 is 1.00 bits per heavy atom. The first-order valence-electron chi connectivity index (χ1n) is 15.6. The molecule has 0 aliphatic rings. The van der Waals surface area contributed by atoms with Crippen molar-refractivity contribution < 1.29 is 4.52 Å². The molecule has 0 spiro atoms. The number of nitrogens with zero attached hydrogens (tertiary/aromatic N) is 2. The van der Waals surface area contributed by atoms with Gasteiger partial charge in [-0.2, -0.15) is 4.98 Å². The van der Waals surface area contributed by atoms with E-state index in [1.54, 1.807) is 0 Å². The molecule has 0 aliphatic heterocycles. The third-order valence-corrected chi connectivity index (χ3v) is 7.66. The zero-order valence-corrected chi connectivity index (χ0v) is 24.6. The summed E-state index contributed by atoms with van der Waals surface area (Å²) >= 11 is 0. The minimum atomic E-state index is 0.514. The topological polar surface area (TPSA) is 38.9 Å². The highest BCUT2D eigenvalue weighted by Gasteiger charge is 2.07. The molecule has 0 radical (unpaired) electrons. The number of hydrogen-bond acceptors (Lipinski definition) is 3. The summed E-state index contributed by atoms with van der Waals surface area (Å²) in [6.45, 7) is 4.53. The van der Waals surface area contributed by atoms with Gasteiger partial charge in [0.05, 0.1) is 0 Å². The van der Waals surface area contributed by atoms with Crippen LogP contribution >= 0.6 is 0 Å². The average molecular weight is 535 g/mol. The van der Waals surface area contributed by atoms with E-state index in [9.17, 15) is 0 Å². The fraction of sp³-hybridized carbons (Fsp3) is 0.405. The predicted molar refractivity (Wildman–Crippen MR) is 170 cm³/mol. The fourth-order valence-electron chi connectivity index (χ4n) is 5.10. The number of unbranched alkanes of at least 4 members (excludes halogenated alkanes) is 9. The Morgan fingerprint density at radius 3 is 1.57 bits per heavy atom. The summed E-state index contributed by atoms with van der Waals surface area (Å²) in [5.41, 5.74) is 7.35. The molecule has 0 saturated heterocycles. The summed E-state index contributed by atoms with van der Waals surface area (Å²) in [5.74, 6) is 1.12. The van der Waals surface area contributed by atoms with Crippen LogP contribution in [0.25, 0.3) is 34.7 Å². The van der Waals surface area contributed by atoms with Gasteiger partial charge >= 0.3 is 0 Å². The van der Waals surface area contributed by atoms with Crippen LogP contribution in [-0.4, -0.2) is 10.1 Å². The molecule has 3 nitrogen and oxygen atoms in total. The number of hydrogen-bond donors (Lipinski definition) is 0. The Labute approximate surface area is 241 Å². The molecule has 0 atom stereocenters. The van der Waals surface area contributed by atoms with Gasteiger partial charge in [-0.25, -0.2) is 0 Å². The molecular weight excluding hydrogens is 488 g/mol. The summed E-state index contributed by atoms with van der Waals surface area (Å²) < 4.78 is 5.49. The normalized spacial score (nSPS) is 11.4. The predicted octanol–water partition coefficient (Wildman–Crippen LogP) is 11.0. The maximum absolute atomic E-state index is 5.49. The van der Waals surface area contributed by atoms with Crippen molar-refractivity contribution in [2.75, 3.05) is 0 Å². The van der Waals surface area contributed by atoms with E-state index in [4.69, 9.17) is 4.52 Å². The van der Waals surface area contributed by atoms with Crippen LogP contribution in [-0.2, 0) is 12.8 Å². The van der Waals surface area contributed by atoms with Gasteiger partial charge in [0.1, 0.15) is 0 Å². The van der Waals surface area contributed by atoms with Gasteiger partial charge in [0.25, 0.3) is 5.89 Å². The van der Waals surface area contributed by atoms with Crippen molar-refractivity contribution in [2.24, 2.45) is 0 Å². The molecule has 4 rings (SSSR count). The molecule has 0 amide bonds. The number of aromatic nitrogens is 2. The van der Waals surface area contributed by atoms with Gasteiger partial charge in [-0.15, -0.1) is 0 Å². The minimum absolute atomic E-state index is 0.514. The van der Waals surface area contributed by atoms with Gasteiger partial charge in [0.15, 0.2) is 0 Å². The van der Waals surface area contributed by atoms with Crippen LogP contribution in [0.1, 0.15) is 107 Å². The lowest BCUT2D eigenvalue weighted by molar-refractivity contribution is 0.411. The SMILES string of the molecule is CCCCCCCCc1ccc(-c2ccc(-c3noc(/C=C/c4ccc(CCCCCCC)cc4)n3)cc2)cc1. The Hall–Kier alpha value is -3.46. The number of benzene rings is 3. The molecule has 1 heterocycles. The third-order valence-electron chi connectivity index (χ3n) is 7.66. The molecule has 1 aromatic heterocycles. The van der Waals surface area contributed by atoms with E-state index < -0.39 is 0 Å². The number of rotatable bonds is 17. The van der Waals surface area contributed by atoms with Crippen LogP contribution < -0.4 is 0 Å². The lowest BCUT2D eigenvalue weighted by Crippen LogP contribution is -1.87. The standard InChI is InChI=1S/C37H46N2O/c1-3-5-7-9-11-13-15-31-20-23-33(24-21-31)34-25-27-35(28-26-34)37-38-36(40-39-37)29-22-32-18-16-30(17-19-32)14-12-10-8-6-4-2/h16-29H,3-15H2,1-2H3/b29-22+. The van der Waals surface area contributed by atoms with Gasteiger partial charge in [-0.05, 0) is 59.6 Å². The van der Waals surface area contributed by atoms with Crippen LogP contribution in [0.3, 0.4) is 0 Å². The average Bonchev–Trinajstić information content (AvgIpc) is 3.48. The summed E-state index contributed by atoms with van der Waals surface area (Å²) in [4.78, 5) is 4.58. The first-order valence-corrected chi connectivity index (χ1v) is 15.6. The summed E-state index contributed by atoms with van der Waals surface area (Å²) in [6, 6.07) is 26.2. The van der Waals surface area contributed by atoms with E-state index in [-0.39, 0.29) is 0 Å². The van der Waals surface area contributed by atoms with Crippen LogP contribution in [0.15, 0.2) is 77.3 Å². The van der Waals surface area contributed by atoms with Crippen molar-refractivity contribution in [3.8, 4) is 22.5 Å². The van der Waals surface area contributed by atoms with E-state index in [2.05, 4.69) is 96.8 Å². The lowest BCUT2D eigenvalue weighted by Gasteiger charge is -2.06.